The fourth-order valence-corrected chi connectivity index (χ4v) is 3.00. The van der Waals surface area contributed by atoms with Crippen LogP contribution in [0.3, 0.4) is 0 Å². The van der Waals surface area contributed by atoms with Crippen molar-refractivity contribution in [3.05, 3.63) is 33.8 Å². The number of carbonyl (C=O) groups excluding carboxylic acids is 2. The van der Waals surface area contributed by atoms with Crippen LogP contribution < -0.4 is 5.32 Å². The van der Waals surface area contributed by atoms with Gasteiger partial charge in [0.2, 0.25) is 0 Å². The van der Waals surface area contributed by atoms with Crippen molar-refractivity contribution >= 4 is 35.1 Å². The lowest BCUT2D eigenvalue weighted by molar-refractivity contribution is -0.131. The third-order valence-corrected chi connectivity index (χ3v) is 4.65. The minimum atomic E-state index is -0.852. The second-order valence-electron chi connectivity index (χ2n) is 6.29. The number of urea groups is 1. The molecule has 1 aromatic carbocycles. The Labute approximate surface area is 140 Å². The summed E-state index contributed by atoms with van der Waals surface area (Å²) in [7, 11) is 0. The summed E-state index contributed by atoms with van der Waals surface area (Å²) in [5.41, 5.74) is -0.267. The van der Waals surface area contributed by atoms with Crippen molar-refractivity contribution in [3.8, 4) is 0 Å². The summed E-state index contributed by atoms with van der Waals surface area (Å²) in [5.74, 6) is 0.239. The molecule has 1 atom stereocenters. The van der Waals surface area contributed by atoms with E-state index in [0.717, 1.165) is 6.42 Å². The number of nitrogens with zero attached hydrogens (tertiary/aromatic N) is 1. The van der Waals surface area contributed by atoms with Crippen LogP contribution in [0.2, 0.25) is 10.0 Å². The molecule has 3 amide bonds. The zero-order valence-corrected chi connectivity index (χ0v) is 14.5. The maximum atomic E-state index is 12.6. The molecule has 0 aliphatic carbocycles. The predicted octanol–water partition coefficient (Wildman–Crippen LogP) is 4.24. The first kappa shape index (κ1) is 17.1. The fraction of sp³-hybridized carbons (Fsp3) is 0.500. The molecule has 120 valence electrons. The monoisotopic (exact) mass is 342 g/mol. The van der Waals surface area contributed by atoms with Crippen molar-refractivity contribution in [2.24, 2.45) is 5.92 Å². The van der Waals surface area contributed by atoms with Gasteiger partial charge < -0.3 is 5.32 Å². The van der Waals surface area contributed by atoms with Gasteiger partial charge in [-0.25, -0.2) is 4.79 Å². The van der Waals surface area contributed by atoms with E-state index in [2.05, 4.69) is 19.2 Å². The van der Waals surface area contributed by atoms with Gasteiger partial charge in [-0.3, -0.25) is 9.69 Å². The van der Waals surface area contributed by atoms with Crippen molar-refractivity contribution in [1.29, 1.82) is 0 Å². The highest BCUT2D eigenvalue weighted by Gasteiger charge is 2.47. The van der Waals surface area contributed by atoms with Crippen molar-refractivity contribution in [2.75, 3.05) is 0 Å². The molecule has 0 spiro atoms. The lowest BCUT2D eigenvalue weighted by Crippen LogP contribution is -2.44. The normalized spacial score (nSPS) is 21.6. The molecule has 2 rings (SSSR count). The average molecular weight is 343 g/mol. The van der Waals surface area contributed by atoms with Crippen molar-refractivity contribution in [2.45, 2.75) is 45.7 Å². The molecule has 0 aromatic heterocycles. The number of rotatable bonds is 5. The molecule has 1 fully saturated rings. The first-order valence-corrected chi connectivity index (χ1v) is 8.07. The molecule has 1 saturated heterocycles. The van der Waals surface area contributed by atoms with Gasteiger partial charge >= 0.3 is 6.03 Å². The van der Waals surface area contributed by atoms with Crippen molar-refractivity contribution in [1.82, 2.24) is 10.2 Å². The van der Waals surface area contributed by atoms with E-state index in [0.29, 0.717) is 27.9 Å². The van der Waals surface area contributed by atoms with Gasteiger partial charge in [0.05, 0.1) is 6.54 Å². The number of amides is 3. The first-order valence-electron chi connectivity index (χ1n) is 7.31. The van der Waals surface area contributed by atoms with Crippen LogP contribution in [0.5, 0.6) is 0 Å². The Bertz CT molecular complexity index is 584. The standard InChI is InChI=1S/C16H20Cl2N2O2/c1-10(2)7-8-16(3)14(21)20(15(22)19-16)9-11-12(17)5-4-6-13(11)18/h4-6,10H,7-9H2,1-3H3,(H,19,22)/t16-/m0/s1. The summed E-state index contributed by atoms with van der Waals surface area (Å²) >= 11 is 12.2. The predicted molar refractivity (Wildman–Crippen MR) is 88.0 cm³/mol. The van der Waals surface area contributed by atoms with Crippen LogP contribution in [0.4, 0.5) is 4.79 Å². The summed E-state index contributed by atoms with van der Waals surface area (Å²) in [4.78, 5) is 26.0. The molecule has 6 heteroatoms. The number of halogens is 2. The smallest absolute Gasteiger partial charge is 0.323 e. The first-order chi connectivity index (χ1) is 10.2. The Morgan fingerprint density at radius 2 is 1.82 bits per heavy atom. The van der Waals surface area contributed by atoms with E-state index in [9.17, 15) is 9.59 Å². The SMILES string of the molecule is CC(C)CC[C@]1(C)NC(=O)N(Cc2c(Cl)cccc2Cl)C1=O. The Morgan fingerprint density at radius 1 is 1.23 bits per heavy atom. The third kappa shape index (κ3) is 3.39. The van der Waals surface area contributed by atoms with E-state index in [4.69, 9.17) is 23.2 Å². The number of hydrogen-bond acceptors (Lipinski definition) is 2. The fourth-order valence-electron chi connectivity index (χ4n) is 2.48. The molecule has 22 heavy (non-hydrogen) atoms. The second-order valence-corrected chi connectivity index (χ2v) is 7.10. The van der Waals surface area contributed by atoms with Gasteiger partial charge in [0, 0.05) is 15.6 Å². The average Bonchev–Trinajstić information content (AvgIpc) is 2.64. The molecule has 0 radical (unpaired) electrons. The van der Waals surface area contributed by atoms with Gasteiger partial charge in [-0.05, 0) is 37.8 Å². The highest BCUT2D eigenvalue weighted by atomic mass is 35.5. The number of carbonyl (C=O) groups is 2. The van der Waals surface area contributed by atoms with Crippen LogP contribution >= 0.6 is 23.2 Å². The summed E-state index contributed by atoms with van der Waals surface area (Å²) in [6, 6.07) is 4.72. The van der Waals surface area contributed by atoms with E-state index in [1.165, 1.54) is 4.90 Å². The van der Waals surface area contributed by atoms with E-state index < -0.39 is 11.6 Å². The van der Waals surface area contributed by atoms with Gasteiger partial charge in [-0.2, -0.15) is 0 Å². The van der Waals surface area contributed by atoms with Gasteiger partial charge in [0.1, 0.15) is 5.54 Å². The molecule has 1 heterocycles. The van der Waals surface area contributed by atoms with Crippen LogP contribution in [0.15, 0.2) is 18.2 Å². The van der Waals surface area contributed by atoms with Gasteiger partial charge in [0.15, 0.2) is 0 Å². The van der Waals surface area contributed by atoms with E-state index in [1.807, 2.05) is 0 Å². The Hall–Kier alpha value is -1.26. The lowest BCUT2D eigenvalue weighted by atomic mass is 9.92. The van der Waals surface area contributed by atoms with Gasteiger partial charge in [-0.15, -0.1) is 0 Å². The lowest BCUT2D eigenvalue weighted by Gasteiger charge is -2.22. The van der Waals surface area contributed by atoms with Gasteiger partial charge in [0.25, 0.3) is 5.91 Å². The quantitative estimate of drug-likeness (QED) is 0.813. The zero-order chi connectivity index (χ0) is 16.5. The minimum Gasteiger partial charge on any atom is -0.323 e. The Morgan fingerprint density at radius 3 is 2.36 bits per heavy atom. The molecule has 4 nitrogen and oxygen atoms in total. The second kappa shape index (κ2) is 6.47. The highest BCUT2D eigenvalue weighted by Crippen LogP contribution is 2.30. The summed E-state index contributed by atoms with van der Waals surface area (Å²) in [6.45, 7) is 6.03. The largest absolute Gasteiger partial charge is 0.325 e. The van der Waals surface area contributed by atoms with E-state index in [1.54, 1.807) is 25.1 Å². The molecule has 0 unspecified atom stereocenters. The van der Waals surface area contributed by atoms with Crippen LogP contribution in [-0.2, 0) is 11.3 Å². The molecule has 1 aliphatic rings. The highest BCUT2D eigenvalue weighted by molar-refractivity contribution is 6.36. The minimum absolute atomic E-state index is 0.0838. The molecular weight excluding hydrogens is 323 g/mol. The summed E-state index contributed by atoms with van der Waals surface area (Å²) < 4.78 is 0. The topological polar surface area (TPSA) is 49.4 Å². The molecule has 1 aromatic rings. The number of imide groups is 1. The van der Waals surface area contributed by atoms with Crippen molar-refractivity contribution in [3.63, 3.8) is 0 Å². The van der Waals surface area contributed by atoms with E-state index >= 15 is 0 Å². The summed E-state index contributed by atoms with van der Waals surface area (Å²) in [6.07, 6.45) is 1.48. The van der Waals surface area contributed by atoms with Crippen LogP contribution in [0, 0.1) is 5.92 Å². The molecule has 0 saturated carbocycles. The van der Waals surface area contributed by atoms with E-state index in [-0.39, 0.29) is 12.5 Å². The zero-order valence-electron chi connectivity index (χ0n) is 13.0. The van der Waals surface area contributed by atoms with Gasteiger partial charge in [-0.1, -0.05) is 43.1 Å². The third-order valence-electron chi connectivity index (χ3n) is 3.94. The Balaban J connectivity index is 2.19. The van der Waals surface area contributed by atoms with Crippen LogP contribution in [0.25, 0.3) is 0 Å². The van der Waals surface area contributed by atoms with Crippen LogP contribution in [0.1, 0.15) is 39.2 Å². The number of nitrogens with one attached hydrogen (secondary N) is 1. The number of hydrogen-bond donors (Lipinski definition) is 1. The number of benzene rings is 1. The maximum absolute atomic E-state index is 12.6. The molecule has 1 aliphatic heterocycles. The molecule has 0 bridgehead atoms. The molecule has 1 N–H and O–H groups in total. The maximum Gasteiger partial charge on any atom is 0.325 e. The van der Waals surface area contributed by atoms with Crippen molar-refractivity contribution < 1.29 is 9.59 Å². The van der Waals surface area contributed by atoms with Crippen LogP contribution in [-0.4, -0.2) is 22.4 Å². The Kier molecular flexibility index (Phi) is 5.03. The summed E-state index contributed by atoms with van der Waals surface area (Å²) in [5, 5.41) is 3.69. The molecular formula is C16H20Cl2N2O2.